The van der Waals surface area contributed by atoms with Gasteiger partial charge in [0.1, 0.15) is 12.2 Å². The van der Waals surface area contributed by atoms with E-state index in [2.05, 4.69) is 9.97 Å². The van der Waals surface area contributed by atoms with Crippen LogP contribution in [0.1, 0.15) is 34.3 Å². The van der Waals surface area contributed by atoms with Crippen LogP contribution < -0.4 is 4.74 Å². The number of hydrogen-bond donors (Lipinski definition) is 0. The molecule has 0 N–H and O–H groups in total. The SMILES string of the molecule is C[C@H](Oc1ccc(C#N)cn1)[C@H]1CN(C(=O)c2ccc(S(C)(=O)=O)nc2)C[C@@H]1c1ccc(Cl)c(Cl)c1. The van der Waals surface area contributed by atoms with Crippen molar-refractivity contribution in [2.24, 2.45) is 5.92 Å². The molecule has 8 nitrogen and oxygen atoms in total. The molecular formula is C25H22Cl2N4O4S. The van der Waals surface area contributed by atoms with Crippen molar-refractivity contribution in [2.75, 3.05) is 19.3 Å². The number of halogens is 2. The minimum atomic E-state index is -3.47. The smallest absolute Gasteiger partial charge is 0.255 e. The minimum absolute atomic E-state index is 0.0935. The Morgan fingerprint density at radius 1 is 1.11 bits per heavy atom. The van der Waals surface area contributed by atoms with Crippen molar-refractivity contribution >= 4 is 38.9 Å². The summed E-state index contributed by atoms with van der Waals surface area (Å²) in [6.07, 6.45) is 3.44. The number of carbonyl (C=O) groups excluding carboxylic acids is 1. The van der Waals surface area contributed by atoms with Crippen molar-refractivity contribution < 1.29 is 17.9 Å². The molecule has 0 saturated carbocycles. The van der Waals surface area contributed by atoms with Crippen LogP contribution in [-0.2, 0) is 9.84 Å². The summed E-state index contributed by atoms with van der Waals surface area (Å²) < 4.78 is 29.5. The number of hydrogen-bond acceptors (Lipinski definition) is 7. The van der Waals surface area contributed by atoms with Crippen LogP contribution in [0, 0.1) is 17.2 Å². The van der Waals surface area contributed by atoms with Gasteiger partial charge in [0.05, 0.1) is 21.2 Å². The molecular weight excluding hydrogens is 523 g/mol. The maximum atomic E-state index is 13.3. The van der Waals surface area contributed by atoms with E-state index in [1.807, 2.05) is 19.1 Å². The van der Waals surface area contributed by atoms with Gasteiger partial charge in [-0.05, 0) is 42.8 Å². The van der Waals surface area contributed by atoms with Gasteiger partial charge < -0.3 is 9.64 Å². The summed E-state index contributed by atoms with van der Waals surface area (Å²) in [6.45, 7) is 2.68. The van der Waals surface area contributed by atoms with Gasteiger partial charge in [-0.1, -0.05) is 29.3 Å². The molecule has 1 saturated heterocycles. The second kappa shape index (κ2) is 10.4. The molecule has 3 atom stereocenters. The van der Waals surface area contributed by atoms with Crippen molar-refractivity contribution in [3.63, 3.8) is 0 Å². The van der Waals surface area contributed by atoms with Gasteiger partial charge in [-0.3, -0.25) is 4.79 Å². The highest BCUT2D eigenvalue weighted by atomic mass is 35.5. The molecule has 1 aromatic carbocycles. The summed E-state index contributed by atoms with van der Waals surface area (Å²) in [5, 5.41) is 9.75. The maximum Gasteiger partial charge on any atom is 0.255 e. The zero-order valence-corrected chi connectivity index (χ0v) is 21.8. The van der Waals surface area contributed by atoms with E-state index in [-0.39, 0.29) is 28.9 Å². The quantitative estimate of drug-likeness (QED) is 0.452. The molecule has 11 heteroatoms. The molecule has 3 heterocycles. The first-order valence-corrected chi connectivity index (χ1v) is 13.6. The topological polar surface area (TPSA) is 113 Å². The molecule has 1 aliphatic heterocycles. The fourth-order valence-corrected chi connectivity index (χ4v) is 5.13. The van der Waals surface area contributed by atoms with Crippen molar-refractivity contribution in [3.05, 3.63) is 81.6 Å². The molecule has 0 spiro atoms. The van der Waals surface area contributed by atoms with Crippen LogP contribution in [0.15, 0.2) is 59.9 Å². The number of rotatable bonds is 6. The third-order valence-electron chi connectivity index (χ3n) is 6.16. The molecule has 0 unspecified atom stereocenters. The number of sulfone groups is 1. The van der Waals surface area contributed by atoms with Crippen molar-refractivity contribution in [1.82, 2.24) is 14.9 Å². The lowest BCUT2D eigenvalue weighted by molar-refractivity contribution is 0.0769. The highest BCUT2D eigenvalue weighted by Gasteiger charge is 2.40. The molecule has 186 valence electrons. The van der Waals surface area contributed by atoms with Crippen molar-refractivity contribution in [3.8, 4) is 11.9 Å². The van der Waals surface area contributed by atoms with Crippen LogP contribution in [0.4, 0.5) is 0 Å². The predicted molar refractivity (Wildman–Crippen MR) is 135 cm³/mol. The number of benzene rings is 1. The van der Waals surface area contributed by atoms with E-state index in [0.29, 0.717) is 40.1 Å². The van der Waals surface area contributed by atoms with E-state index < -0.39 is 9.84 Å². The Hall–Kier alpha value is -3.19. The monoisotopic (exact) mass is 544 g/mol. The Morgan fingerprint density at radius 2 is 1.89 bits per heavy atom. The van der Waals surface area contributed by atoms with Crippen LogP contribution in [0.3, 0.4) is 0 Å². The number of nitriles is 1. The number of nitrogens with zero attached hydrogens (tertiary/aromatic N) is 4. The van der Waals surface area contributed by atoms with Crippen molar-refractivity contribution in [1.29, 1.82) is 5.26 Å². The van der Waals surface area contributed by atoms with Gasteiger partial charge in [-0.25, -0.2) is 18.4 Å². The second-order valence-corrected chi connectivity index (χ2v) is 11.4. The summed E-state index contributed by atoms with van der Waals surface area (Å²) in [6, 6.07) is 13.5. The van der Waals surface area contributed by atoms with E-state index in [1.54, 1.807) is 29.2 Å². The Kier molecular flexibility index (Phi) is 7.50. The highest BCUT2D eigenvalue weighted by Crippen LogP contribution is 2.38. The van der Waals surface area contributed by atoms with E-state index in [9.17, 15) is 13.2 Å². The third-order valence-corrected chi connectivity index (χ3v) is 7.90. The molecule has 1 amide bonds. The average molecular weight is 545 g/mol. The molecule has 3 aromatic rings. The molecule has 2 aromatic heterocycles. The summed E-state index contributed by atoms with van der Waals surface area (Å²) in [7, 11) is -3.47. The fourth-order valence-electron chi connectivity index (χ4n) is 4.27. The van der Waals surface area contributed by atoms with Crippen LogP contribution >= 0.6 is 23.2 Å². The number of pyridine rings is 2. The zero-order valence-electron chi connectivity index (χ0n) is 19.4. The predicted octanol–water partition coefficient (Wildman–Crippen LogP) is 4.38. The summed E-state index contributed by atoms with van der Waals surface area (Å²) >= 11 is 12.4. The van der Waals surface area contributed by atoms with Crippen LogP contribution in [0.2, 0.25) is 10.0 Å². The first-order valence-electron chi connectivity index (χ1n) is 11.0. The van der Waals surface area contributed by atoms with E-state index in [0.717, 1.165) is 11.8 Å². The first kappa shape index (κ1) is 25.9. The highest BCUT2D eigenvalue weighted by molar-refractivity contribution is 7.90. The van der Waals surface area contributed by atoms with E-state index in [4.69, 9.17) is 33.2 Å². The molecule has 0 radical (unpaired) electrons. The number of aromatic nitrogens is 2. The van der Waals surface area contributed by atoms with Gasteiger partial charge in [0.25, 0.3) is 5.91 Å². The molecule has 0 bridgehead atoms. The third kappa shape index (κ3) is 5.62. The summed E-state index contributed by atoms with van der Waals surface area (Å²) in [4.78, 5) is 23.1. The Labute approximate surface area is 219 Å². The number of amides is 1. The fraction of sp³-hybridized carbons (Fsp3) is 0.280. The average Bonchev–Trinajstić information content (AvgIpc) is 3.31. The maximum absolute atomic E-state index is 13.3. The summed E-state index contributed by atoms with van der Waals surface area (Å²) in [5.41, 5.74) is 1.63. The second-order valence-electron chi connectivity index (χ2n) is 8.63. The molecule has 1 fully saturated rings. The lowest BCUT2D eigenvalue weighted by Crippen LogP contribution is -2.32. The van der Waals surface area contributed by atoms with Crippen LogP contribution in [0.25, 0.3) is 0 Å². The first-order chi connectivity index (χ1) is 17.1. The largest absolute Gasteiger partial charge is 0.474 e. The van der Waals surface area contributed by atoms with Gasteiger partial charge in [-0.2, -0.15) is 5.26 Å². The van der Waals surface area contributed by atoms with Crippen LogP contribution in [0.5, 0.6) is 5.88 Å². The molecule has 0 aliphatic carbocycles. The minimum Gasteiger partial charge on any atom is -0.474 e. The van der Waals surface area contributed by atoms with E-state index in [1.165, 1.54) is 24.5 Å². The summed E-state index contributed by atoms with van der Waals surface area (Å²) in [5.74, 6) is -0.120. The van der Waals surface area contributed by atoms with Crippen LogP contribution in [-0.4, -0.2) is 54.6 Å². The van der Waals surface area contributed by atoms with Crippen molar-refractivity contribution in [2.45, 2.75) is 24.0 Å². The number of carbonyl (C=O) groups is 1. The number of likely N-dealkylation sites (tertiary alicyclic amines) is 1. The standard InChI is InChI=1S/C25H22Cl2N4O4S/c1-15(35-23-7-3-16(10-28)11-29-23)19-13-31(14-20(19)17-4-6-21(26)22(27)9-17)25(32)18-5-8-24(30-12-18)36(2,33)34/h3-9,11-12,15,19-20H,13-14H2,1-2H3/t15-,19+,20+/m0/s1. The normalized spacial score (nSPS) is 18.5. The Morgan fingerprint density at radius 3 is 2.47 bits per heavy atom. The van der Waals surface area contributed by atoms with Gasteiger partial charge >= 0.3 is 0 Å². The van der Waals surface area contributed by atoms with Gasteiger partial charge in [0.15, 0.2) is 14.9 Å². The lowest BCUT2D eigenvalue weighted by Gasteiger charge is -2.25. The van der Waals surface area contributed by atoms with Gasteiger partial charge in [0.2, 0.25) is 5.88 Å². The Balaban J connectivity index is 1.60. The van der Waals surface area contributed by atoms with E-state index >= 15 is 0 Å². The number of ether oxygens (including phenoxy) is 1. The Bertz CT molecular complexity index is 1420. The van der Waals surface area contributed by atoms with Gasteiger partial charge in [-0.15, -0.1) is 0 Å². The molecule has 1 aliphatic rings. The molecule has 4 rings (SSSR count). The van der Waals surface area contributed by atoms with Gasteiger partial charge in [0, 0.05) is 49.6 Å². The zero-order chi connectivity index (χ0) is 26.0. The molecule has 36 heavy (non-hydrogen) atoms. The lowest BCUT2D eigenvalue weighted by atomic mass is 9.86.